The van der Waals surface area contributed by atoms with Crippen molar-refractivity contribution >= 4 is 28.8 Å². The lowest BCUT2D eigenvalue weighted by Crippen LogP contribution is -3.14. The lowest BCUT2D eigenvalue weighted by Gasteiger charge is -2.22. The molecule has 0 saturated carbocycles. The summed E-state index contributed by atoms with van der Waals surface area (Å²) in [6.45, 7) is 3.01. The molecular formula is C14H15ClN3OS+. The van der Waals surface area contributed by atoms with E-state index < -0.39 is 0 Å². The molecule has 1 saturated heterocycles. The molecule has 104 valence electrons. The highest BCUT2D eigenvalue weighted by Crippen LogP contribution is 2.29. The van der Waals surface area contributed by atoms with Crippen LogP contribution in [0.4, 0.5) is 0 Å². The molecule has 3 rings (SSSR count). The van der Waals surface area contributed by atoms with E-state index in [4.69, 9.17) is 11.6 Å². The van der Waals surface area contributed by atoms with Crippen molar-refractivity contribution in [3.63, 3.8) is 0 Å². The average Bonchev–Trinajstić information content (AvgIpc) is 2.87. The van der Waals surface area contributed by atoms with Crippen molar-refractivity contribution in [1.82, 2.24) is 10.3 Å². The zero-order valence-corrected chi connectivity index (χ0v) is 12.4. The van der Waals surface area contributed by atoms with Crippen LogP contribution in [-0.4, -0.2) is 30.5 Å². The Balaban J connectivity index is 1.74. The Morgan fingerprint density at radius 2 is 2.25 bits per heavy atom. The predicted octanol–water partition coefficient (Wildman–Crippen LogP) is 0.978. The summed E-state index contributed by atoms with van der Waals surface area (Å²) in [5.74, 6) is 0.118. The lowest BCUT2D eigenvalue weighted by atomic mass is 10.2. The summed E-state index contributed by atoms with van der Waals surface area (Å²) in [6.07, 6.45) is 0. The lowest BCUT2D eigenvalue weighted by molar-refractivity contribution is -0.907. The van der Waals surface area contributed by atoms with Crippen LogP contribution in [0.2, 0.25) is 5.02 Å². The summed E-state index contributed by atoms with van der Waals surface area (Å²) in [6, 6.07) is 7.73. The highest BCUT2D eigenvalue weighted by Gasteiger charge is 2.21. The predicted molar refractivity (Wildman–Crippen MR) is 80.0 cm³/mol. The number of carbonyl (C=O) groups is 1. The number of thiazole rings is 1. The summed E-state index contributed by atoms with van der Waals surface area (Å²) in [4.78, 5) is 17.3. The Kier molecular flexibility index (Phi) is 4.00. The van der Waals surface area contributed by atoms with E-state index in [0.29, 0.717) is 6.54 Å². The van der Waals surface area contributed by atoms with Gasteiger partial charge in [-0.1, -0.05) is 29.8 Å². The third-order valence-electron chi connectivity index (χ3n) is 3.30. The summed E-state index contributed by atoms with van der Waals surface area (Å²) >= 11 is 7.78. The van der Waals surface area contributed by atoms with Gasteiger partial charge in [-0.25, -0.2) is 4.98 Å². The van der Waals surface area contributed by atoms with Crippen LogP contribution in [0.1, 0.15) is 5.69 Å². The van der Waals surface area contributed by atoms with E-state index in [0.717, 1.165) is 40.9 Å². The van der Waals surface area contributed by atoms with E-state index in [1.165, 1.54) is 4.90 Å². The highest BCUT2D eigenvalue weighted by atomic mass is 35.5. The van der Waals surface area contributed by atoms with E-state index in [-0.39, 0.29) is 5.91 Å². The number of hydrogen-bond acceptors (Lipinski definition) is 3. The van der Waals surface area contributed by atoms with E-state index in [1.807, 2.05) is 24.3 Å². The first-order chi connectivity index (χ1) is 9.72. The number of quaternary nitrogens is 1. The molecule has 2 heterocycles. The molecule has 1 aliphatic heterocycles. The molecule has 1 aromatic heterocycles. The number of aromatic nitrogens is 1. The number of nitrogens with one attached hydrogen (secondary N) is 2. The number of hydrogen-bond donors (Lipinski definition) is 2. The molecule has 0 aliphatic carbocycles. The van der Waals surface area contributed by atoms with Crippen LogP contribution in [0, 0.1) is 0 Å². The molecule has 1 amide bonds. The molecule has 1 aliphatic rings. The number of nitrogens with zero attached hydrogens (tertiary/aromatic N) is 1. The normalized spacial score (nSPS) is 18.9. The Bertz CT molecular complexity index is 628. The standard InChI is InChI=1S/C14H14ClN3OS/c15-12-4-2-1-3-11(12)14-17-10(9-20-14)7-18-6-5-16-13(19)8-18/h1-4,9H,5-8H2,(H,16,19)/p+1. The van der Waals surface area contributed by atoms with E-state index in [2.05, 4.69) is 15.7 Å². The molecule has 1 unspecified atom stereocenters. The molecule has 0 spiro atoms. The van der Waals surface area contributed by atoms with Crippen molar-refractivity contribution in [2.24, 2.45) is 0 Å². The highest BCUT2D eigenvalue weighted by molar-refractivity contribution is 7.13. The molecule has 6 heteroatoms. The molecular weight excluding hydrogens is 294 g/mol. The van der Waals surface area contributed by atoms with Gasteiger partial charge in [0.15, 0.2) is 6.54 Å². The molecule has 1 aromatic carbocycles. The Morgan fingerprint density at radius 1 is 1.40 bits per heavy atom. The van der Waals surface area contributed by atoms with Gasteiger partial charge in [0, 0.05) is 10.9 Å². The van der Waals surface area contributed by atoms with E-state index in [9.17, 15) is 4.79 Å². The van der Waals surface area contributed by atoms with Crippen LogP contribution in [0.15, 0.2) is 29.6 Å². The van der Waals surface area contributed by atoms with E-state index in [1.54, 1.807) is 11.3 Å². The largest absolute Gasteiger partial charge is 0.346 e. The quantitative estimate of drug-likeness (QED) is 0.888. The van der Waals surface area contributed by atoms with Gasteiger partial charge in [0.2, 0.25) is 0 Å². The van der Waals surface area contributed by atoms with Crippen LogP contribution in [0.5, 0.6) is 0 Å². The second-order valence-corrected chi connectivity index (χ2v) is 6.09. The van der Waals surface area contributed by atoms with Gasteiger partial charge in [0.25, 0.3) is 5.91 Å². The summed E-state index contributed by atoms with van der Waals surface area (Å²) in [5.41, 5.74) is 1.99. The van der Waals surface area contributed by atoms with Crippen molar-refractivity contribution < 1.29 is 9.69 Å². The van der Waals surface area contributed by atoms with Gasteiger partial charge in [-0.05, 0) is 6.07 Å². The number of rotatable bonds is 3. The number of piperazine rings is 1. The van der Waals surface area contributed by atoms with Crippen molar-refractivity contribution in [3.05, 3.63) is 40.4 Å². The van der Waals surface area contributed by atoms with Gasteiger partial charge < -0.3 is 10.2 Å². The van der Waals surface area contributed by atoms with Crippen LogP contribution >= 0.6 is 22.9 Å². The molecule has 2 aromatic rings. The first-order valence-corrected chi connectivity index (χ1v) is 7.78. The Labute approximate surface area is 126 Å². The molecule has 1 atom stereocenters. The topological polar surface area (TPSA) is 46.4 Å². The summed E-state index contributed by atoms with van der Waals surface area (Å²) in [5, 5.41) is 6.55. The number of benzene rings is 1. The first kappa shape index (κ1) is 13.5. The van der Waals surface area contributed by atoms with Gasteiger partial charge >= 0.3 is 0 Å². The fourth-order valence-electron chi connectivity index (χ4n) is 2.31. The summed E-state index contributed by atoms with van der Waals surface area (Å²) < 4.78 is 0. The average molecular weight is 309 g/mol. The molecule has 0 bridgehead atoms. The van der Waals surface area contributed by atoms with Gasteiger partial charge in [0.05, 0.1) is 18.1 Å². The zero-order chi connectivity index (χ0) is 13.9. The minimum Gasteiger partial charge on any atom is -0.346 e. The molecule has 4 nitrogen and oxygen atoms in total. The Hall–Kier alpha value is -1.43. The van der Waals surface area contributed by atoms with Crippen molar-refractivity contribution in [2.45, 2.75) is 6.54 Å². The number of amides is 1. The molecule has 0 radical (unpaired) electrons. The van der Waals surface area contributed by atoms with Crippen molar-refractivity contribution in [3.8, 4) is 10.6 Å². The minimum atomic E-state index is 0.118. The van der Waals surface area contributed by atoms with Gasteiger partial charge in [0.1, 0.15) is 17.2 Å². The second kappa shape index (κ2) is 5.91. The smallest absolute Gasteiger partial charge is 0.275 e. The zero-order valence-electron chi connectivity index (χ0n) is 10.9. The number of carbonyl (C=O) groups excluding carboxylic acids is 1. The molecule has 2 N–H and O–H groups in total. The maximum absolute atomic E-state index is 11.4. The fourth-order valence-corrected chi connectivity index (χ4v) is 3.45. The monoisotopic (exact) mass is 308 g/mol. The van der Waals surface area contributed by atoms with Gasteiger partial charge in [-0.3, -0.25) is 4.79 Å². The third kappa shape index (κ3) is 3.00. The summed E-state index contributed by atoms with van der Waals surface area (Å²) in [7, 11) is 0. The molecule has 20 heavy (non-hydrogen) atoms. The van der Waals surface area contributed by atoms with Crippen LogP contribution in [-0.2, 0) is 11.3 Å². The van der Waals surface area contributed by atoms with Crippen LogP contribution < -0.4 is 10.2 Å². The van der Waals surface area contributed by atoms with Crippen molar-refractivity contribution in [2.75, 3.05) is 19.6 Å². The third-order valence-corrected chi connectivity index (χ3v) is 4.55. The SMILES string of the molecule is O=C1C[NH+](Cc2csc(-c3ccccc3Cl)n2)CCN1. The maximum atomic E-state index is 11.4. The second-order valence-electron chi connectivity index (χ2n) is 4.83. The maximum Gasteiger partial charge on any atom is 0.275 e. The van der Waals surface area contributed by atoms with Gasteiger partial charge in [-0.2, -0.15) is 0 Å². The minimum absolute atomic E-state index is 0.118. The van der Waals surface area contributed by atoms with E-state index >= 15 is 0 Å². The van der Waals surface area contributed by atoms with Crippen LogP contribution in [0.25, 0.3) is 10.6 Å². The first-order valence-electron chi connectivity index (χ1n) is 6.52. The number of halogens is 1. The van der Waals surface area contributed by atoms with Crippen molar-refractivity contribution in [1.29, 1.82) is 0 Å². The fraction of sp³-hybridized carbons (Fsp3) is 0.286. The Morgan fingerprint density at radius 3 is 3.05 bits per heavy atom. The van der Waals surface area contributed by atoms with Gasteiger partial charge in [-0.15, -0.1) is 11.3 Å². The van der Waals surface area contributed by atoms with Crippen LogP contribution in [0.3, 0.4) is 0 Å². The molecule has 1 fully saturated rings.